The lowest BCUT2D eigenvalue weighted by molar-refractivity contribution is 0.0582. The van der Waals surface area contributed by atoms with Crippen molar-refractivity contribution in [2.45, 2.75) is 31.8 Å². The fourth-order valence-electron chi connectivity index (χ4n) is 2.29. The van der Waals surface area contributed by atoms with Gasteiger partial charge in [-0.1, -0.05) is 12.8 Å². The van der Waals surface area contributed by atoms with Gasteiger partial charge in [-0.05, 0) is 31.0 Å². The van der Waals surface area contributed by atoms with E-state index >= 15 is 0 Å². The second-order valence-corrected chi connectivity index (χ2v) is 4.81. The highest BCUT2D eigenvalue weighted by molar-refractivity contribution is 5.95. The molecule has 3 N–H and O–H groups in total. The van der Waals surface area contributed by atoms with Crippen molar-refractivity contribution in [2.24, 2.45) is 0 Å². The minimum atomic E-state index is -0.507. The molecule has 104 valence electrons. The Morgan fingerprint density at radius 1 is 1.37 bits per heavy atom. The average molecular weight is 266 g/mol. The minimum Gasteiger partial charge on any atom is -0.399 e. The lowest BCUT2D eigenvalue weighted by Crippen LogP contribution is -2.28. The highest BCUT2D eigenvalue weighted by atomic mass is 19.1. The van der Waals surface area contributed by atoms with E-state index < -0.39 is 5.82 Å². The topological polar surface area (TPSA) is 64.4 Å². The van der Waals surface area contributed by atoms with Gasteiger partial charge >= 0.3 is 0 Å². The summed E-state index contributed by atoms with van der Waals surface area (Å²) in [4.78, 5) is 11.8. The molecule has 4 nitrogen and oxygen atoms in total. The average Bonchev–Trinajstić information content (AvgIpc) is 2.86. The monoisotopic (exact) mass is 266 g/mol. The Hall–Kier alpha value is -1.62. The van der Waals surface area contributed by atoms with E-state index in [1.54, 1.807) is 0 Å². The van der Waals surface area contributed by atoms with E-state index in [2.05, 4.69) is 5.32 Å². The molecular weight excluding hydrogens is 247 g/mol. The molecule has 0 saturated heterocycles. The fraction of sp³-hybridized carbons (Fsp3) is 0.500. The van der Waals surface area contributed by atoms with Crippen molar-refractivity contribution >= 4 is 11.6 Å². The maximum Gasteiger partial charge on any atom is 0.251 e. The number of carbonyl (C=O) groups is 1. The van der Waals surface area contributed by atoms with E-state index in [0.29, 0.717) is 19.3 Å². The number of nitrogens with one attached hydrogen (secondary N) is 1. The normalized spacial score (nSPS) is 15.6. The molecule has 0 radical (unpaired) electrons. The number of hydrogen-bond acceptors (Lipinski definition) is 3. The Bertz CT molecular complexity index is 425. The lowest BCUT2D eigenvalue weighted by Gasteiger charge is -2.11. The molecule has 0 aliphatic heterocycles. The number of benzene rings is 1. The number of nitrogens with two attached hydrogens (primary N) is 1. The molecular formula is C14H19FN2O2. The largest absolute Gasteiger partial charge is 0.399 e. The van der Waals surface area contributed by atoms with Gasteiger partial charge in [0, 0.05) is 17.8 Å². The number of carbonyl (C=O) groups excluding carboxylic acids is 1. The van der Waals surface area contributed by atoms with Gasteiger partial charge in [-0.3, -0.25) is 4.79 Å². The molecule has 1 aromatic rings. The van der Waals surface area contributed by atoms with Crippen LogP contribution in [0.3, 0.4) is 0 Å². The van der Waals surface area contributed by atoms with E-state index in [1.807, 2.05) is 0 Å². The maximum atomic E-state index is 13.1. The highest BCUT2D eigenvalue weighted by Crippen LogP contribution is 2.20. The SMILES string of the molecule is Nc1cc(F)cc(C(=O)NCCOC2CCCC2)c1. The van der Waals surface area contributed by atoms with Crippen LogP contribution in [0.2, 0.25) is 0 Å². The Balaban J connectivity index is 1.74. The van der Waals surface area contributed by atoms with Gasteiger partial charge in [0.1, 0.15) is 5.82 Å². The van der Waals surface area contributed by atoms with Crippen LogP contribution >= 0.6 is 0 Å². The number of nitrogen functional groups attached to an aromatic ring is 1. The van der Waals surface area contributed by atoms with Crippen LogP contribution in [0.15, 0.2) is 18.2 Å². The molecule has 0 bridgehead atoms. The van der Waals surface area contributed by atoms with Crippen molar-refractivity contribution < 1.29 is 13.9 Å². The standard InChI is InChI=1S/C14H19FN2O2/c15-11-7-10(8-12(16)9-11)14(18)17-5-6-19-13-3-1-2-4-13/h7-9,13H,1-6,16H2,(H,17,18). The van der Waals surface area contributed by atoms with Crippen LogP contribution in [0.5, 0.6) is 0 Å². The minimum absolute atomic E-state index is 0.235. The molecule has 0 aromatic heterocycles. The quantitative estimate of drug-likeness (QED) is 0.633. The van der Waals surface area contributed by atoms with Gasteiger partial charge in [-0.25, -0.2) is 4.39 Å². The van der Waals surface area contributed by atoms with Gasteiger partial charge in [0.05, 0.1) is 12.7 Å². The summed E-state index contributed by atoms with van der Waals surface area (Å²) in [6.45, 7) is 0.910. The molecule has 1 fully saturated rings. The summed E-state index contributed by atoms with van der Waals surface area (Å²) in [6, 6.07) is 3.81. The summed E-state index contributed by atoms with van der Waals surface area (Å²) in [5.74, 6) is -0.839. The number of anilines is 1. The van der Waals surface area contributed by atoms with E-state index in [0.717, 1.165) is 12.8 Å². The van der Waals surface area contributed by atoms with Crippen LogP contribution in [-0.2, 0) is 4.74 Å². The third-order valence-corrected chi connectivity index (χ3v) is 3.23. The molecule has 1 aromatic carbocycles. The first kappa shape index (κ1) is 13.8. The van der Waals surface area contributed by atoms with Crippen molar-refractivity contribution in [3.05, 3.63) is 29.6 Å². The second kappa shape index (κ2) is 6.52. The third kappa shape index (κ3) is 4.21. The van der Waals surface area contributed by atoms with Crippen LogP contribution in [-0.4, -0.2) is 25.2 Å². The molecule has 19 heavy (non-hydrogen) atoms. The molecule has 2 rings (SSSR count). The highest BCUT2D eigenvalue weighted by Gasteiger charge is 2.15. The van der Waals surface area contributed by atoms with Gasteiger partial charge in [0.25, 0.3) is 5.91 Å². The Morgan fingerprint density at radius 3 is 2.79 bits per heavy atom. The number of amides is 1. The first-order valence-electron chi connectivity index (χ1n) is 6.61. The molecule has 0 heterocycles. The maximum absolute atomic E-state index is 13.1. The summed E-state index contributed by atoms with van der Waals surface area (Å²) in [5.41, 5.74) is 5.97. The van der Waals surface area contributed by atoms with Gasteiger partial charge < -0.3 is 15.8 Å². The number of rotatable bonds is 5. The molecule has 5 heteroatoms. The fourth-order valence-corrected chi connectivity index (χ4v) is 2.29. The van der Waals surface area contributed by atoms with Gasteiger partial charge in [0.2, 0.25) is 0 Å². The molecule has 1 aliphatic carbocycles. The second-order valence-electron chi connectivity index (χ2n) is 4.81. The Morgan fingerprint density at radius 2 is 2.11 bits per heavy atom. The van der Waals surface area contributed by atoms with Gasteiger partial charge in [0.15, 0.2) is 0 Å². The Labute approximate surface area is 112 Å². The molecule has 0 spiro atoms. The first-order valence-corrected chi connectivity index (χ1v) is 6.61. The molecule has 1 saturated carbocycles. The molecule has 0 atom stereocenters. The van der Waals surface area contributed by atoms with Crippen LogP contribution < -0.4 is 11.1 Å². The molecule has 0 unspecified atom stereocenters. The Kier molecular flexibility index (Phi) is 4.74. The lowest BCUT2D eigenvalue weighted by atomic mass is 10.2. The summed E-state index contributed by atoms with van der Waals surface area (Å²) in [5, 5.41) is 2.69. The number of halogens is 1. The van der Waals surface area contributed by atoms with Crippen molar-refractivity contribution in [1.82, 2.24) is 5.32 Å². The summed E-state index contributed by atoms with van der Waals surface area (Å²) >= 11 is 0. The smallest absolute Gasteiger partial charge is 0.251 e. The van der Waals surface area contributed by atoms with Crippen molar-refractivity contribution in [3.63, 3.8) is 0 Å². The first-order chi connectivity index (χ1) is 9.15. The van der Waals surface area contributed by atoms with Gasteiger partial charge in [-0.15, -0.1) is 0 Å². The van der Waals surface area contributed by atoms with E-state index in [1.165, 1.54) is 31.0 Å². The van der Waals surface area contributed by atoms with Crippen LogP contribution in [0.4, 0.5) is 10.1 Å². The van der Waals surface area contributed by atoms with E-state index in [-0.39, 0.29) is 17.2 Å². The zero-order valence-corrected chi connectivity index (χ0v) is 10.8. The summed E-state index contributed by atoms with van der Waals surface area (Å²) in [7, 11) is 0. The third-order valence-electron chi connectivity index (χ3n) is 3.23. The predicted octanol–water partition coefficient (Wildman–Crippen LogP) is 2.10. The van der Waals surface area contributed by atoms with Crippen LogP contribution in [0.1, 0.15) is 36.0 Å². The zero-order chi connectivity index (χ0) is 13.7. The summed E-state index contributed by atoms with van der Waals surface area (Å²) in [6.07, 6.45) is 4.99. The zero-order valence-electron chi connectivity index (χ0n) is 10.8. The van der Waals surface area contributed by atoms with Crippen LogP contribution in [0, 0.1) is 5.82 Å². The van der Waals surface area contributed by atoms with Crippen LogP contribution in [0.25, 0.3) is 0 Å². The molecule has 1 amide bonds. The van der Waals surface area contributed by atoms with E-state index in [4.69, 9.17) is 10.5 Å². The molecule has 1 aliphatic rings. The predicted molar refractivity (Wildman–Crippen MR) is 71.4 cm³/mol. The number of ether oxygens (including phenoxy) is 1. The van der Waals surface area contributed by atoms with Crippen molar-refractivity contribution in [1.29, 1.82) is 0 Å². The van der Waals surface area contributed by atoms with Crippen molar-refractivity contribution in [3.8, 4) is 0 Å². The number of hydrogen-bond donors (Lipinski definition) is 2. The van der Waals surface area contributed by atoms with Crippen molar-refractivity contribution in [2.75, 3.05) is 18.9 Å². The van der Waals surface area contributed by atoms with Gasteiger partial charge in [-0.2, -0.15) is 0 Å². The summed E-state index contributed by atoms with van der Waals surface area (Å²) < 4.78 is 18.7. The van der Waals surface area contributed by atoms with E-state index in [9.17, 15) is 9.18 Å².